The van der Waals surface area contributed by atoms with Crippen LogP contribution in [0.2, 0.25) is 0 Å². The lowest BCUT2D eigenvalue weighted by atomic mass is 10.1. The van der Waals surface area contributed by atoms with Crippen molar-refractivity contribution in [3.05, 3.63) is 35.9 Å². The summed E-state index contributed by atoms with van der Waals surface area (Å²) in [6, 6.07) is 9.75. The maximum absolute atomic E-state index is 12.3. The second kappa shape index (κ2) is 5.82. The Morgan fingerprint density at radius 1 is 1.35 bits per heavy atom. The highest BCUT2D eigenvalue weighted by molar-refractivity contribution is 5.94. The van der Waals surface area contributed by atoms with Crippen molar-refractivity contribution in [1.82, 2.24) is 4.90 Å². The van der Waals surface area contributed by atoms with E-state index in [-0.39, 0.29) is 12.5 Å². The normalized spacial score (nSPS) is 19.6. The number of amides is 1. The first-order chi connectivity index (χ1) is 8.33. The second-order valence-corrected chi connectivity index (χ2v) is 4.53. The molecule has 1 heterocycles. The fraction of sp³-hybridized carbons (Fsp3) is 0.500. The maximum atomic E-state index is 12.3. The molecule has 0 spiro atoms. The molecule has 92 valence electrons. The van der Waals surface area contributed by atoms with Crippen LogP contribution in [0, 0.1) is 0 Å². The molecule has 0 radical (unpaired) electrons. The zero-order chi connectivity index (χ0) is 12.1. The van der Waals surface area contributed by atoms with Gasteiger partial charge in [-0.05, 0) is 37.8 Å². The van der Waals surface area contributed by atoms with Gasteiger partial charge in [-0.15, -0.1) is 0 Å². The Labute approximate surface area is 102 Å². The third kappa shape index (κ3) is 2.86. The van der Waals surface area contributed by atoms with Gasteiger partial charge in [0, 0.05) is 24.8 Å². The van der Waals surface area contributed by atoms with Gasteiger partial charge in [-0.3, -0.25) is 4.79 Å². The van der Waals surface area contributed by atoms with Crippen molar-refractivity contribution in [2.45, 2.75) is 31.7 Å². The average molecular weight is 233 g/mol. The highest BCUT2D eigenvalue weighted by Crippen LogP contribution is 2.23. The van der Waals surface area contributed by atoms with Crippen molar-refractivity contribution in [1.29, 1.82) is 0 Å². The van der Waals surface area contributed by atoms with E-state index < -0.39 is 0 Å². The van der Waals surface area contributed by atoms with Crippen LogP contribution in [0.3, 0.4) is 0 Å². The number of hydrogen-bond donors (Lipinski definition) is 1. The van der Waals surface area contributed by atoms with Gasteiger partial charge in [-0.2, -0.15) is 0 Å². The molecule has 2 rings (SSSR count). The van der Waals surface area contributed by atoms with Crippen LogP contribution in [-0.2, 0) is 0 Å². The molecule has 1 aromatic rings. The number of likely N-dealkylation sites (tertiary alicyclic amines) is 1. The van der Waals surface area contributed by atoms with Crippen LogP contribution in [0.25, 0.3) is 0 Å². The molecule has 0 saturated carbocycles. The molecule has 3 heteroatoms. The molecule has 1 saturated heterocycles. The van der Waals surface area contributed by atoms with Gasteiger partial charge in [0.15, 0.2) is 0 Å². The number of rotatable bonds is 4. The summed E-state index contributed by atoms with van der Waals surface area (Å²) in [6.45, 7) is 1.06. The number of carbonyl (C=O) groups is 1. The molecule has 1 aromatic carbocycles. The fourth-order valence-electron chi connectivity index (χ4n) is 2.48. The van der Waals surface area contributed by atoms with Crippen molar-refractivity contribution >= 4 is 5.91 Å². The third-order valence-electron chi connectivity index (χ3n) is 3.35. The molecule has 0 bridgehead atoms. The molecular weight excluding hydrogens is 214 g/mol. The molecular formula is C14H19NO2. The van der Waals surface area contributed by atoms with Crippen molar-refractivity contribution in [2.24, 2.45) is 0 Å². The molecule has 1 aliphatic rings. The van der Waals surface area contributed by atoms with Gasteiger partial charge >= 0.3 is 0 Å². The van der Waals surface area contributed by atoms with Gasteiger partial charge in [-0.1, -0.05) is 18.2 Å². The predicted molar refractivity (Wildman–Crippen MR) is 66.8 cm³/mol. The minimum absolute atomic E-state index is 0.131. The summed E-state index contributed by atoms with van der Waals surface area (Å²) in [5, 5.41) is 8.87. The number of aliphatic hydroxyl groups is 1. The monoisotopic (exact) mass is 233 g/mol. The van der Waals surface area contributed by atoms with Crippen LogP contribution in [0.5, 0.6) is 0 Å². The summed E-state index contributed by atoms with van der Waals surface area (Å²) in [7, 11) is 0. The molecule has 1 fully saturated rings. The molecule has 1 N–H and O–H groups in total. The Bertz CT molecular complexity index is 364. The van der Waals surface area contributed by atoms with E-state index in [0.29, 0.717) is 6.04 Å². The Balaban J connectivity index is 2.03. The van der Waals surface area contributed by atoms with E-state index in [2.05, 4.69) is 0 Å². The highest BCUT2D eigenvalue weighted by atomic mass is 16.3. The van der Waals surface area contributed by atoms with Gasteiger partial charge in [0.1, 0.15) is 0 Å². The minimum Gasteiger partial charge on any atom is -0.396 e. The standard InChI is InChI=1S/C14H19NO2/c16-11-5-9-13-8-4-10-15(13)14(17)12-6-2-1-3-7-12/h1-3,6-7,13,16H,4-5,8-11H2. The molecule has 1 unspecified atom stereocenters. The maximum Gasteiger partial charge on any atom is 0.254 e. The SMILES string of the molecule is O=C(c1ccccc1)N1CCCC1CCCO. The number of hydrogen-bond acceptors (Lipinski definition) is 2. The van der Waals surface area contributed by atoms with Gasteiger partial charge < -0.3 is 10.0 Å². The van der Waals surface area contributed by atoms with Crippen molar-refractivity contribution < 1.29 is 9.90 Å². The topological polar surface area (TPSA) is 40.5 Å². The summed E-state index contributed by atoms with van der Waals surface area (Å²) < 4.78 is 0. The molecule has 17 heavy (non-hydrogen) atoms. The van der Waals surface area contributed by atoms with Gasteiger partial charge in [0.05, 0.1) is 0 Å². The van der Waals surface area contributed by atoms with Crippen LogP contribution < -0.4 is 0 Å². The average Bonchev–Trinajstić information content (AvgIpc) is 2.84. The van der Waals surface area contributed by atoms with Crippen molar-refractivity contribution in [3.63, 3.8) is 0 Å². The molecule has 3 nitrogen and oxygen atoms in total. The van der Waals surface area contributed by atoms with E-state index in [1.807, 2.05) is 35.2 Å². The lowest BCUT2D eigenvalue weighted by Gasteiger charge is -2.24. The summed E-state index contributed by atoms with van der Waals surface area (Å²) in [4.78, 5) is 14.2. The Kier molecular flexibility index (Phi) is 4.15. The van der Waals surface area contributed by atoms with E-state index in [0.717, 1.165) is 37.8 Å². The first-order valence-electron chi connectivity index (χ1n) is 6.30. The first kappa shape index (κ1) is 12.1. The van der Waals surface area contributed by atoms with Crippen LogP contribution >= 0.6 is 0 Å². The van der Waals surface area contributed by atoms with Crippen LogP contribution in [-0.4, -0.2) is 35.1 Å². The quantitative estimate of drug-likeness (QED) is 0.864. The Morgan fingerprint density at radius 2 is 2.12 bits per heavy atom. The molecule has 0 aliphatic carbocycles. The smallest absolute Gasteiger partial charge is 0.254 e. The summed E-state index contributed by atoms with van der Waals surface area (Å²) in [6.07, 6.45) is 3.84. The molecule has 1 amide bonds. The van der Waals surface area contributed by atoms with E-state index in [1.54, 1.807) is 0 Å². The lowest BCUT2D eigenvalue weighted by Crippen LogP contribution is -2.35. The number of benzene rings is 1. The van der Waals surface area contributed by atoms with Crippen molar-refractivity contribution in [2.75, 3.05) is 13.2 Å². The predicted octanol–water partition coefficient (Wildman–Crippen LogP) is 2.06. The molecule has 0 aromatic heterocycles. The van der Waals surface area contributed by atoms with Gasteiger partial charge in [0.2, 0.25) is 0 Å². The summed E-state index contributed by atoms with van der Waals surface area (Å²) in [5.74, 6) is 0.131. The fourth-order valence-corrected chi connectivity index (χ4v) is 2.48. The zero-order valence-electron chi connectivity index (χ0n) is 10.0. The molecule has 1 atom stereocenters. The first-order valence-corrected chi connectivity index (χ1v) is 6.30. The van der Waals surface area contributed by atoms with Gasteiger partial charge in [0.25, 0.3) is 5.91 Å². The van der Waals surface area contributed by atoms with Crippen LogP contribution in [0.15, 0.2) is 30.3 Å². The summed E-state index contributed by atoms with van der Waals surface area (Å²) >= 11 is 0. The van der Waals surface area contributed by atoms with E-state index in [9.17, 15) is 4.79 Å². The van der Waals surface area contributed by atoms with Crippen LogP contribution in [0.4, 0.5) is 0 Å². The number of aliphatic hydroxyl groups excluding tert-OH is 1. The highest BCUT2D eigenvalue weighted by Gasteiger charge is 2.28. The largest absolute Gasteiger partial charge is 0.396 e. The summed E-state index contributed by atoms with van der Waals surface area (Å²) in [5.41, 5.74) is 0.767. The van der Waals surface area contributed by atoms with E-state index >= 15 is 0 Å². The zero-order valence-corrected chi connectivity index (χ0v) is 10.0. The van der Waals surface area contributed by atoms with E-state index in [4.69, 9.17) is 5.11 Å². The van der Waals surface area contributed by atoms with E-state index in [1.165, 1.54) is 0 Å². The lowest BCUT2D eigenvalue weighted by molar-refractivity contribution is 0.0724. The third-order valence-corrected chi connectivity index (χ3v) is 3.35. The van der Waals surface area contributed by atoms with Crippen molar-refractivity contribution in [3.8, 4) is 0 Å². The molecule has 1 aliphatic heterocycles. The number of carbonyl (C=O) groups excluding carboxylic acids is 1. The minimum atomic E-state index is 0.131. The second-order valence-electron chi connectivity index (χ2n) is 4.53. The van der Waals surface area contributed by atoms with Crippen LogP contribution in [0.1, 0.15) is 36.0 Å². The Hall–Kier alpha value is -1.35. The van der Waals surface area contributed by atoms with Gasteiger partial charge in [-0.25, -0.2) is 0 Å². The number of nitrogens with zero attached hydrogens (tertiary/aromatic N) is 1. The Morgan fingerprint density at radius 3 is 2.82 bits per heavy atom.